The van der Waals surface area contributed by atoms with Gasteiger partial charge in [-0.2, -0.15) is 0 Å². The standard InChI is InChI=1S/C22H36FN3O2.HI/c1-5-22(6-2,12-13-27)16-25-21(24-7-3)26-14-17(4)28-20(15-26)18-8-10-19(23)11-9-18;/h8-11,17,20,27H,5-7,12-16H2,1-4H3,(H,24,25);1H. The lowest BCUT2D eigenvalue weighted by atomic mass is 9.79. The fraction of sp³-hybridized carbons (Fsp3) is 0.682. The van der Waals surface area contributed by atoms with Crippen LogP contribution in [0.3, 0.4) is 0 Å². The fourth-order valence-corrected chi connectivity index (χ4v) is 3.80. The molecular weight excluding hydrogens is 484 g/mol. The average Bonchev–Trinajstić information content (AvgIpc) is 2.70. The Kier molecular flexibility index (Phi) is 11.4. The zero-order valence-electron chi connectivity index (χ0n) is 18.2. The summed E-state index contributed by atoms with van der Waals surface area (Å²) < 4.78 is 19.4. The molecule has 0 radical (unpaired) electrons. The molecule has 1 aromatic rings. The summed E-state index contributed by atoms with van der Waals surface area (Å²) in [6, 6.07) is 6.54. The number of halogens is 2. The first-order valence-corrected chi connectivity index (χ1v) is 10.5. The molecule has 0 spiro atoms. The van der Waals surface area contributed by atoms with Crippen molar-refractivity contribution in [2.75, 3.05) is 32.8 Å². The van der Waals surface area contributed by atoms with E-state index in [2.05, 4.69) is 37.9 Å². The van der Waals surface area contributed by atoms with Crippen LogP contribution in [0.2, 0.25) is 0 Å². The number of morpholine rings is 1. The highest BCUT2D eigenvalue weighted by molar-refractivity contribution is 14.0. The van der Waals surface area contributed by atoms with E-state index in [0.29, 0.717) is 13.1 Å². The molecule has 166 valence electrons. The number of aliphatic hydroxyl groups excluding tert-OH is 1. The predicted molar refractivity (Wildman–Crippen MR) is 127 cm³/mol. The smallest absolute Gasteiger partial charge is 0.194 e. The normalized spacial score (nSPS) is 20.3. The number of guanidine groups is 1. The molecule has 1 aliphatic rings. The summed E-state index contributed by atoms with van der Waals surface area (Å²) in [5.41, 5.74) is 1.01. The Bertz CT molecular complexity index is 623. The zero-order chi connectivity index (χ0) is 20.6. The third kappa shape index (κ3) is 7.36. The Hall–Kier alpha value is -0.930. The molecule has 1 aliphatic heterocycles. The first-order chi connectivity index (χ1) is 13.5. The molecule has 1 fully saturated rings. The van der Waals surface area contributed by atoms with Gasteiger partial charge in [0.2, 0.25) is 0 Å². The molecule has 2 unspecified atom stereocenters. The predicted octanol–water partition coefficient (Wildman–Crippen LogP) is 4.36. The molecule has 0 aromatic heterocycles. The van der Waals surface area contributed by atoms with Crippen LogP contribution in [-0.2, 0) is 4.74 Å². The van der Waals surface area contributed by atoms with E-state index in [1.807, 2.05) is 0 Å². The highest BCUT2D eigenvalue weighted by Gasteiger charge is 2.30. The van der Waals surface area contributed by atoms with Crippen LogP contribution < -0.4 is 5.32 Å². The largest absolute Gasteiger partial charge is 0.396 e. The topological polar surface area (TPSA) is 57.1 Å². The molecule has 1 aromatic carbocycles. The van der Waals surface area contributed by atoms with Crippen molar-refractivity contribution in [1.82, 2.24) is 10.2 Å². The number of hydrogen-bond donors (Lipinski definition) is 2. The highest BCUT2D eigenvalue weighted by Crippen LogP contribution is 2.31. The van der Waals surface area contributed by atoms with E-state index in [0.717, 1.165) is 43.9 Å². The molecule has 0 bridgehead atoms. The third-order valence-corrected chi connectivity index (χ3v) is 5.84. The molecule has 5 nitrogen and oxygen atoms in total. The van der Waals surface area contributed by atoms with E-state index in [1.165, 1.54) is 12.1 Å². The Labute approximate surface area is 192 Å². The maximum atomic E-state index is 13.3. The van der Waals surface area contributed by atoms with Crippen LogP contribution in [0.4, 0.5) is 4.39 Å². The summed E-state index contributed by atoms with van der Waals surface area (Å²) in [7, 11) is 0. The number of ether oxygens (including phenoxy) is 1. The molecular formula is C22H37FIN3O2. The van der Waals surface area contributed by atoms with E-state index in [4.69, 9.17) is 9.73 Å². The minimum atomic E-state index is -0.237. The molecule has 2 rings (SSSR count). The van der Waals surface area contributed by atoms with Crippen LogP contribution >= 0.6 is 24.0 Å². The lowest BCUT2D eigenvalue weighted by Gasteiger charge is -2.39. The number of benzene rings is 1. The second kappa shape index (κ2) is 12.7. The van der Waals surface area contributed by atoms with Gasteiger partial charge in [0.15, 0.2) is 5.96 Å². The Morgan fingerprint density at radius 2 is 1.90 bits per heavy atom. The van der Waals surface area contributed by atoms with Crippen LogP contribution in [-0.4, -0.2) is 54.9 Å². The molecule has 0 aliphatic carbocycles. The Morgan fingerprint density at radius 3 is 2.45 bits per heavy atom. The average molecular weight is 521 g/mol. The van der Waals surface area contributed by atoms with Gasteiger partial charge >= 0.3 is 0 Å². The lowest BCUT2D eigenvalue weighted by molar-refractivity contribution is -0.0605. The second-order valence-electron chi connectivity index (χ2n) is 7.74. The van der Waals surface area contributed by atoms with Crippen LogP contribution in [0.15, 0.2) is 29.3 Å². The highest BCUT2D eigenvalue weighted by atomic mass is 127. The fourth-order valence-electron chi connectivity index (χ4n) is 3.80. The molecule has 2 N–H and O–H groups in total. The Morgan fingerprint density at radius 1 is 1.24 bits per heavy atom. The van der Waals surface area contributed by atoms with Gasteiger partial charge in [-0.05, 0) is 56.2 Å². The summed E-state index contributed by atoms with van der Waals surface area (Å²) >= 11 is 0. The Balaban J connectivity index is 0.00000420. The minimum absolute atomic E-state index is 0. The first-order valence-electron chi connectivity index (χ1n) is 10.5. The van der Waals surface area contributed by atoms with Crippen LogP contribution in [0.1, 0.15) is 58.6 Å². The van der Waals surface area contributed by atoms with Gasteiger partial charge < -0.3 is 20.1 Å². The molecule has 29 heavy (non-hydrogen) atoms. The molecule has 0 saturated carbocycles. The quantitative estimate of drug-likeness (QED) is 0.303. The second-order valence-corrected chi connectivity index (χ2v) is 7.74. The van der Waals surface area contributed by atoms with Gasteiger partial charge in [0.25, 0.3) is 0 Å². The van der Waals surface area contributed by atoms with Crippen molar-refractivity contribution in [3.05, 3.63) is 35.6 Å². The van der Waals surface area contributed by atoms with Crippen LogP contribution in [0.5, 0.6) is 0 Å². The number of aliphatic hydroxyl groups is 1. The van der Waals surface area contributed by atoms with E-state index in [9.17, 15) is 9.50 Å². The van der Waals surface area contributed by atoms with Crippen molar-refractivity contribution < 1.29 is 14.2 Å². The number of nitrogens with zero attached hydrogens (tertiary/aromatic N) is 2. The van der Waals surface area contributed by atoms with Gasteiger partial charge in [0.1, 0.15) is 11.9 Å². The number of rotatable bonds is 8. The van der Waals surface area contributed by atoms with E-state index >= 15 is 0 Å². The van der Waals surface area contributed by atoms with E-state index in [1.54, 1.807) is 12.1 Å². The van der Waals surface area contributed by atoms with Crippen LogP contribution in [0.25, 0.3) is 0 Å². The maximum absolute atomic E-state index is 13.3. The molecule has 0 amide bonds. The number of hydrogen-bond acceptors (Lipinski definition) is 3. The van der Waals surface area contributed by atoms with Crippen molar-refractivity contribution >= 4 is 29.9 Å². The van der Waals surface area contributed by atoms with Gasteiger partial charge in [-0.25, -0.2) is 4.39 Å². The lowest BCUT2D eigenvalue weighted by Crippen LogP contribution is -2.51. The third-order valence-electron chi connectivity index (χ3n) is 5.84. The molecule has 2 atom stereocenters. The molecule has 1 heterocycles. The van der Waals surface area contributed by atoms with Crippen molar-refractivity contribution in [3.63, 3.8) is 0 Å². The van der Waals surface area contributed by atoms with Gasteiger partial charge in [0, 0.05) is 26.2 Å². The number of nitrogens with one attached hydrogen (secondary N) is 1. The minimum Gasteiger partial charge on any atom is -0.396 e. The summed E-state index contributed by atoms with van der Waals surface area (Å²) in [5.74, 6) is 0.646. The van der Waals surface area contributed by atoms with Crippen molar-refractivity contribution in [2.24, 2.45) is 10.4 Å². The molecule has 1 saturated heterocycles. The summed E-state index contributed by atoms with van der Waals surface area (Å²) in [6.07, 6.45) is 2.68. The SMILES string of the molecule is CCNC(=NCC(CC)(CC)CCO)N1CC(C)OC(c2ccc(F)cc2)C1.I. The van der Waals surface area contributed by atoms with E-state index < -0.39 is 0 Å². The van der Waals surface area contributed by atoms with Crippen LogP contribution in [0, 0.1) is 11.2 Å². The van der Waals surface area contributed by atoms with Crippen molar-refractivity contribution in [3.8, 4) is 0 Å². The number of aliphatic imine (C=N–C) groups is 1. The summed E-state index contributed by atoms with van der Waals surface area (Å²) in [6.45, 7) is 11.6. The molecule has 7 heteroatoms. The first kappa shape index (κ1) is 26.1. The van der Waals surface area contributed by atoms with Gasteiger partial charge in [-0.1, -0.05) is 26.0 Å². The summed E-state index contributed by atoms with van der Waals surface area (Å²) in [5, 5.41) is 12.9. The van der Waals surface area contributed by atoms with Gasteiger partial charge in [-0.3, -0.25) is 4.99 Å². The summed E-state index contributed by atoms with van der Waals surface area (Å²) in [4.78, 5) is 7.19. The van der Waals surface area contributed by atoms with Crippen molar-refractivity contribution in [2.45, 2.75) is 59.2 Å². The van der Waals surface area contributed by atoms with Gasteiger partial charge in [0.05, 0.1) is 12.6 Å². The maximum Gasteiger partial charge on any atom is 0.194 e. The zero-order valence-corrected chi connectivity index (χ0v) is 20.5. The monoisotopic (exact) mass is 521 g/mol. The van der Waals surface area contributed by atoms with E-state index in [-0.39, 0.29) is 54.0 Å². The van der Waals surface area contributed by atoms with Crippen molar-refractivity contribution in [1.29, 1.82) is 0 Å². The van der Waals surface area contributed by atoms with Gasteiger partial charge in [-0.15, -0.1) is 24.0 Å².